The number of hydrogen-bond acceptors (Lipinski definition) is 4. The summed E-state index contributed by atoms with van der Waals surface area (Å²) >= 11 is 0. The second kappa shape index (κ2) is 7.12. The highest BCUT2D eigenvalue weighted by molar-refractivity contribution is 5.77. The zero-order valence-electron chi connectivity index (χ0n) is 12.1. The first-order valence-electron chi connectivity index (χ1n) is 6.67. The minimum Gasteiger partial charge on any atom is -0.481 e. The SMILES string of the molecule is COC(=O)C(C)CN(C)C(=O)N[C@H]1CC[C@@H](C(=O)O)C1. The van der Waals surface area contributed by atoms with Gasteiger partial charge in [-0.3, -0.25) is 9.59 Å². The predicted octanol–water partition coefficient (Wildman–Crippen LogP) is 0.690. The van der Waals surface area contributed by atoms with Crippen LogP contribution in [0.15, 0.2) is 0 Å². The van der Waals surface area contributed by atoms with Crippen molar-refractivity contribution in [2.75, 3.05) is 20.7 Å². The van der Waals surface area contributed by atoms with Crippen molar-refractivity contribution in [1.29, 1.82) is 0 Å². The van der Waals surface area contributed by atoms with Gasteiger partial charge < -0.3 is 20.1 Å². The van der Waals surface area contributed by atoms with Crippen LogP contribution in [0, 0.1) is 11.8 Å². The van der Waals surface area contributed by atoms with Crippen LogP contribution in [0.2, 0.25) is 0 Å². The predicted molar refractivity (Wildman–Crippen MR) is 71.1 cm³/mol. The van der Waals surface area contributed by atoms with E-state index >= 15 is 0 Å². The summed E-state index contributed by atoms with van der Waals surface area (Å²) in [4.78, 5) is 35.5. The molecule has 1 aliphatic rings. The van der Waals surface area contributed by atoms with Gasteiger partial charge in [0, 0.05) is 19.6 Å². The van der Waals surface area contributed by atoms with Crippen molar-refractivity contribution < 1.29 is 24.2 Å². The molecule has 0 radical (unpaired) electrons. The zero-order chi connectivity index (χ0) is 15.3. The van der Waals surface area contributed by atoms with Crippen molar-refractivity contribution in [3.05, 3.63) is 0 Å². The highest BCUT2D eigenvalue weighted by Gasteiger charge is 2.31. The Balaban J connectivity index is 2.39. The van der Waals surface area contributed by atoms with Gasteiger partial charge in [-0.15, -0.1) is 0 Å². The van der Waals surface area contributed by atoms with Crippen LogP contribution < -0.4 is 5.32 Å². The molecule has 0 saturated heterocycles. The maximum atomic E-state index is 11.9. The van der Waals surface area contributed by atoms with Crippen LogP contribution >= 0.6 is 0 Å². The fourth-order valence-corrected chi connectivity index (χ4v) is 2.39. The number of carboxylic acid groups (broad SMARTS) is 1. The zero-order valence-corrected chi connectivity index (χ0v) is 12.1. The molecule has 7 nitrogen and oxygen atoms in total. The van der Waals surface area contributed by atoms with Gasteiger partial charge in [-0.05, 0) is 19.3 Å². The fraction of sp³-hybridized carbons (Fsp3) is 0.769. The molecule has 0 bridgehead atoms. The van der Waals surface area contributed by atoms with E-state index < -0.39 is 11.9 Å². The first kappa shape index (κ1) is 16.3. The van der Waals surface area contributed by atoms with Gasteiger partial charge in [-0.2, -0.15) is 0 Å². The highest BCUT2D eigenvalue weighted by Crippen LogP contribution is 2.25. The molecule has 0 aliphatic heterocycles. The van der Waals surface area contributed by atoms with E-state index in [0.29, 0.717) is 19.3 Å². The van der Waals surface area contributed by atoms with Gasteiger partial charge in [0.2, 0.25) is 0 Å². The van der Waals surface area contributed by atoms with Crippen molar-refractivity contribution in [3.8, 4) is 0 Å². The summed E-state index contributed by atoms with van der Waals surface area (Å²) in [5.41, 5.74) is 0. The van der Waals surface area contributed by atoms with Gasteiger partial charge in [0.05, 0.1) is 18.9 Å². The molecule has 0 spiro atoms. The third kappa shape index (κ3) is 4.40. The average Bonchev–Trinajstić information content (AvgIpc) is 2.86. The van der Waals surface area contributed by atoms with Gasteiger partial charge >= 0.3 is 18.0 Å². The summed E-state index contributed by atoms with van der Waals surface area (Å²) in [7, 11) is 2.90. The number of rotatable bonds is 5. The van der Waals surface area contributed by atoms with E-state index in [0.717, 1.165) is 0 Å². The second-order valence-electron chi connectivity index (χ2n) is 5.30. The Bertz CT molecular complexity index is 385. The quantitative estimate of drug-likeness (QED) is 0.725. The summed E-state index contributed by atoms with van der Waals surface area (Å²) in [5.74, 6) is -1.95. The lowest BCUT2D eigenvalue weighted by molar-refractivity contribution is -0.145. The van der Waals surface area contributed by atoms with Crippen molar-refractivity contribution in [2.45, 2.75) is 32.2 Å². The number of nitrogens with one attached hydrogen (secondary N) is 1. The first-order chi connectivity index (χ1) is 9.35. The molecule has 2 N–H and O–H groups in total. The summed E-state index contributed by atoms with van der Waals surface area (Å²) in [6.45, 7) is 1.94. The number of carbonyl (C=O) groups excluding carboxylic acids is 2. The third-order valence-corrected chi connectivity index (χ3v) is 3.61. The Morgan fingerprint density at radius 1 is 1.40 bits per heavy atom. The summed E-state index contributed by atoms with van der Waals surface area (Å²) in [5, 5.41) is 11.7. The van der Waals surface area contributed by atoms with Gasteiger partial charge in [0.15, 0.2) is 0 Å². The molecule has 0 heterocycles. The van der Waals surface area contributed by atoms with Crippen molar-refractivity contribution in [3.63, 3.8) is 0 Å². The minimum absolute atomic E-state index is 0.112. The van der Waals surface area contributed by atoms with Crippen LogP contribution in [0.5, 0.6) is 0 Å². The Morgan fingerprint density at radius 3 is 2.55 bits per heavy atom. The molecule has 2 amide bonds. The van der Waals surface area contributed by atoms with Crippen LogP contribution in [0.4, 0.5) is 4.79 Å². The van der Waals surface area contributed by atoms with Gasteiger partial charge in [0.25, 0.3) is 0 Å². The van der Waals surface area contributed by atoms with Crippen molar-refractivity contribution in [1.82, 2.24) is 10.2 Å². The van der Waals surface area contributed by atoms with Crippen molar-refractivity contribution >= 4 is 18.0 Å². The number of esters is 1. The number of hydrogen-bond donors (Lipinski definition) is 2. The van der Waals surface area contributed by atoms with E-state index in [1.807, 2.05) is 0 Å². The number of nitrogens with zero attached hydrogens (tertiary/aromatic N) is 1. The molecule has 1 fully saturated rings. The number of ether oxygens (including phenoxy) is 1. The Labute approximate surface area is 118 Å². The lowest BCUT2D eigenvalue weighted by atomic mass is 10.1. The maximum absolute atomic E-state index is 11.9. The molecule has 1 unspecified atom stereocenters. The number of aliphatic carboxylic acids is 1. The van der Waals surface area contributed by atoms with E-state index in [-0.39, 0.29) is 30.5 Å². The van der Waals surface area contributed by atoms with E-state index in [2.05, 4.69) is 10.1 Å². The number of carboxylic acids is 1. The van der Waals surface area contributed by atoms with Crippen LogP contribution in [0.25, 0.3) is 0 Å². The summed E-state index contributed by atoms with van der Waals surface area (Å²) < 4.78 is 4.60. The molecule has 1 rings (SSSR count). The molecule has 7 heteroatoms. The molecule has 1 aliphatic carbocycles. The van der Waals surface area contributed by atoms with Crippen LogP contribution in [0.3, 0.4) is 0 Å². The summed E-state index contributed by atoms with van der Waals surface area (Å²) in [6, 6.07) is -0.406. The number of amides is 2. The molecule has 20 heavy (non-hydrogen) atoms. The molecule has 1 saturated carbocycles. The van der Waals surface area contributed by atoms with E-state index in [1.54, 1.807) is 14.0 Å². The molecule has 0 aromatic heterocycles. The number of methoxy groups -OCH3 is 1. The number of carbonyl (C=O) groups is 3. The fourth-order valence-electron chi connectivity index (χ4n) is 2.39. The Hall–Kier alpha value is -1.79. The van der Waals surface area contributed by atoms with Gasteiger partial charge in [0.1, 0.15) is 0 Å². The lowest BCUT2D eigenvalue weighted by Crippen LogP contribution is -2.44. The van der Waals surface area contributed by atoms with E-state index in [9.17, 15) is 14.4 Å². The van der Waals surface area contributed by atoms with E-state index in [4.69, 9.17) is 5.11 Å². The second-order valence-corrected chi connectivity index (χ2v) is 5.30. The Morgan fingerprint density at radius 2 is 2.05 bits per heavy atom. The normalized spacial score (nSPS) is 22.9. The molecule has 114 valence electrons. The topological polar surface area (TPSA) is 95.9 Å². The summed E-state index contributed by atoms with van der Waals surface area (Å²) in [6.07, 6.45) is 1.72. The Kier molecular flexibility index (Phi) is 5.79. The largest absolute Gasteiger partial charge is 0.481 e. The molecule has 3 atom stereocenters. The molecular formula is C13H22N2O5. The van der Waals surface area contributed by atoms with Gasteiger partial charge in [-0.1, -0.05) is 6.92 Å². The molecule has 0 aromatic rings. The number of urea groups is 1. The molecule has 0 aromatic carbocycles. The minimum atomic E-state index is -0.811. The third-order valence-electron chi connectivity index (χ3n) is 3.61. The first-order valence-corrected chi connectivity index (χ1v) is 6.67. The van der Waals surface area contributed by atoms with Crippen LogP contribution in [0.1, 0.15) is 26.2 Å². The highest BCUT2D eigenvalue weighted by atomic mass is 16.5. The monoisotopic (exact) mass is 286 g/mol. The van der Waals surface area contributed by atoms with Crippen LogP contribution in [-0.4, -0.2) is 54.7 Å². The smallest absolute Gasteiger partial charge is 0.317 e. The standard InChI is InChI=1S/C13H22N2O5/c1-8(12(18)20-3)7-15(2)13(19)14-10-5-4-9(6-10)11(16)17/h8-10H,4-7H2,1-3H3,(H,14,19)(H,16,17)/t8?,9-,10+/m1/s1. The maximum Gasteiger partial charge on any atom is 0.317 e. The van der Waals surface area contributed by atoms with Gasteiger partial charge in [-0.25, -0.2) is 4.79 Å². The van der Waals surface area contributed by atoms with Crippen LogP contribution in [-0.2, 0) is 14.3 Å². The average molecular weight is 286 g/mol. The molecular weight excluding hydrogens is 264 g/mol. The lowest BCUT2D eigenvalue weighted by Gasteiger charge is -2.23. The van der Waals surface area contributed by atoms with Crippen molar-refractivity contribution in [2.24, 2.45) is 11.8 Å². The van der Waals surface area contributed by atoms with E-state index in [1.165, 1.54) is 12.0 Å².